The largest absolute Gasteiger partial charge is 0.493 e. The van der Waals surface area contributed by atoms with Gasteiger partial charge in [-0.3, -0.25) is 9.59 Å². The quantitative estimate of drug-likeness (QED) is 0.870. The molecule has 2 rings (SSSR count). The van der Waals surface area contributed by atoms with Crippen LogP contribution in [0.4, 0.5) is 0 Å². The predicted octanol–water partition coefficient (Wildman–Crippen LogP) is 1.90. The number of amides is 1. The van der Waals surface area contributed by atoms with Crippen molar-refractivity contribution in [2.45, 2.75) is 13.0 Å². The highest BCUT2D eigenvalue weighted by Crippen LogP contribution is 2.37. The number of ether oxygens (including phenoxy) is 2. The van der Waals surface area contributed by atoms with Crippen LogP contribution < -0.4 is 9.47 Å². The minimum Gasteiger partial charge on any atom is -0.493 e. The topological polar surface area (TPSA) is 76.1 Å². The first-order valence-corrected chi connectivity index (χ1v) is 7.16. The van der Waals surface area contributed by atoms with E-state index >= 15 is 0 Å². The molecule has 1 atom stereocenters. The average Bonchev–Trinajstić information content (AvgIpc) is 2.79. The fourth-order valence-electron chi connectivity index (χ4n) is 2.37. The monoisotopic (exact) mass is 357 g/mol. The first kappa shape index (κ1) is 15.6. The minimum atomic E-state index is -0.931. The third kappa shape index (κ3) is 3.29. The highest BCUT2D eigenvalue weighted by atomic mass is 79.9. The molecule has 0 aromatic heterocycles. The second kappa shape index (κ2) is 6.34. The van der Waals surface area contributed by atoms with Crippen molar-refractivity contribution in [3.05, 3.63) is 22.2 Å². The Morgan fingerprint density at radius 2 is 2.14 bits per heavy atom. The minimum absolute atomic E-state index is 0.0593. The zero-order valence-electron chi connectivity index (χ0n) is 11.8. The summed E-state index contributed by atoms with van der Waals surface area (Å²) in [7, 11) is 3.08. The molecule has 0 aliphatic carbocycles. The van der Waals surface area contributed by atoms with Crippen molar-refractivity contribution in [2.75, 3.05) is 20.8 Å². The molecule has 0 radical (unpaired) electrons. The lowest BCUT2D eigenvalue weighted by Gasteiger charge is -2.18. The maximum Gasteiger partial charge on any atom is 0.308 e. The molecule has 1 aromatic rings. The molecule has 1 saturated heterocycles. The van der Waals surface area contributed by atoms with Crippen LogP contribution in [0.15, 0.2) is 16.6 Å². The maximum atomic E-state index is 11.9. The number of likely N-dealkylation sites (tertiary alicyclic amines) is 1. The number of carboxylic acid groups (broad SMARTS) is 1. The molecule has 1 aliphatic heterocycles. The van der Waals surface area contributed by atoms with Crippen LogP contribution in [-0.2, 0) is 16.1 Å². The number of halogens is 1. The summed E-state index contributed by atoms with van der Waals surface area (Å²) < 4.78 is 11.2. The summed E-state index contributed by atoms with van der Waals surface area (Å²) in [6.45, 7) is 0.585. The SMILES string of the molecule is COc1cc(CN2CC(C(=O)O)CC2=O)cc(Br)c1OC. The molecule has 1 unspecified atom stereocenters. The Kier molecular flexibility index (Phi) is 4.72. The molecule has 1 fully saturated rings. The van der Waals surface area contributed by atoms with Crippen LogP contribution in [-0.4, -0.2) is 42.6 Å². The molecule has 21 heavy (non-hydrogen) atoms. The van der Waals surface area contributed by atoms with Gasteiger partial charge >= 0.3 is 5.97 Å². The highest BCUT2D eigenvalue weighted by Gasteiger charge is 2.34. The molecule has 1 N–H and O–H groups in total. The number of carboxylic acids is 1. The molecule has 114 valence electrons. The van der Waals surface area contributed by atoms with Crippen molar-refractivity contribution in [2.24, 2.45) is 5.92 Å². The van der Waals surface area contributed by atoms with Crippen LogP contribution in [0.2, 0.25) is 0 Å². The third-order valence-electron chi connectivity index (χ3n) is 3.43. The lowest BCUT2D eigenvalue weighted by Crippen LogP contribution is -2.25. The van der Waals surface area contributed by atoms with Crippen LogP contribution in [0, 0.1) is 5.92 Å². The number of hydrogen-bond donors (Lipinski definition) is 1. The van der Waals surface area contributed by atoms with E-state index in [1.54, 1.807) is 18.1 Å². The van der Waals surface area contributed by atoms with E-state index in [1.165, 1.54) is 7.11 Å². The van der Waals surface area contributed by atoms with E-state index in [0.717, 1.165) is 10.0 Å². The van der Waals surface area contributed by atoms with E-state index in [0.29, 0.717) is 18.0 Å². The van der Waals surface area contributed by atoms with Gasteiger partial charge in [-0.25, -0.2) is 0 Å². The Morgan fingerprint density at radius 1 is 1.43 bits per heavy atom. The van der Waals surface area contributed by atoms with Gasteiger partial charge in [0.05, 0.1) is 24.6 Å². The number of rotatable bonds is 5. The second-order valence-electron chi connectivity index (χ2n) is 4.83. The standard InChI is InChI=1S/C14H16BrNO5/c1-20-11-4-8(3-10(15)13(11)21-2)6-16-7-9(14(18)19)5-12(16)17/h3-4,9H,5-7H2,1-2H3,(H,18,19). The summed E-state index contributed by atoms with van der Waals surface area (Å²) in [5.41, 5.74) is 0.846. The summed E-state index contributed by atoms with van der Waals surface area (Å²) in [4.78, 5) is 24.4. The number of aliphatic carboxylic acids is 1. The fourth-order valence-corrected chi connectivity index (χ4v) is 3.02. The van der Waals surface area contributed by atoms with Crippen molar-refractivity contribution < 1.29 is 24.2 Å². The molecule has 6 nitrogen and oxygen atoms in total. The number of carbonyl (C=O) groups is 2. The van der Waals surface area contributed by atoms with E-state index in [-0.39, 0.29) is 18.9 Å². The van der Waals surface area contributed by atoms with Gasteiger partial charge in [0.25, 0.3) is 0 Å². The molecular formula is C14H16BrNO5. The summed E-state index contributed by atoms with van der Waals surface area (Å²) in [6.07, 6.45) is 0.0593. The van der Waals surface area contributed by atoms with Gasteiger partial charge in [-0.2, -0.15) is 0 Å². The van der Waals surface area contributed by atoms with Gasteiger partial charge in [0.2, 0.25) is 5.91 Å². The van der Waals surface area contributed by atoms with Gasteiger partial charge < -0.3 is 19.5 Å². The van der Waals surface area contributed by atoms with E-state index < -0.39 is 11.9 Å². The molecule has 1 amide bonds. The molecule has 1 heterocycles. The van der Waals surface area contributed by atoms with Crippen LogP contribution in [0.1, 0.15) is 12.0 Å². The number of nitrogens with zero attached hydrogens (tertiary/aromatic N) is 1. The molecule has 1 aromatic carbocycles. The van der Waals surface area contributed by atoms with Crippen LogP contribution >= 0.6 is 15.9 Å². The lowest BCUT2D eigenvalue weighted by atomic mass is 10.1. The molecule has 0 saturated carbocycles. The number of benzene rings is 1. The summed E-state index contributed by atoms with van der Waals surface area (Å²) >= 11 is 3.40. The predicted molar refractivity (Wildman–Crippen MR) is 78.4 cm³/mol. The first-order valence-electron chi connectivity index (χ1n) is 6.37. The average molecular weight is 358 g/mol. The van der Waals surface area contributed by atoms with Crippen LogP contribution in [0.5, 0.6) is 11.5 Å². The summed E-state index contributed by atoms with van der Waals surface area (Å²) in [5, 5.41) is 8.99. The molecule has 7 heteroatoms. The Labute approximate surface area is 130 Å². The van der Waals surface area contributed by atoms with Crippen molar-refractivity contribution in [3.63, 3.8) is 0 Å². The van der Waals surface area contributed by atoms with Gasteiger partial charge in [-0.05, 0) is 33.6 Å². The van der Waals surface area contributed by atoms with Crippen LogP contribution in [0.3, 0.4) is 0 Å². The fraction of sp³-hybridized carbons (Fsp3) is 0.429. The van der Waals surface area contributed by atoms with Crippen molar-refractivity contribution >= 4 is 27.8 Å². The highest BCUT2D eigenvalue weighted by molar-refractivity contribution is 9.10. The third-order valence-corrected chi connectivity index (χ3v) is 4.02. The van der Waals surface area contributed by atoms with Crippen molar-refractivity contribution in [1.29, 1.82) is 0 Å². The van der Waals surface area contributed by atoms with Gasteiger partial charge in [0.15, 0.2) is 11.5 Å². The molecular weight excluding hydrogens is 342 g/mol. The van der Waals surface area contributed by atoms with E-state index in [4.69, 9.17) is 14.6 Å². The summed E-state index contributed by atoms with van der Waals surface area (Å²) in [5.74, 6) is -0.561. The van der Waals surface area contributed by atoms with E-state index in [1.807, 2.05) is 6.07 Å². The van der Waals surface area contributed by atoms with Crippen molar-refractivity contribution in [1.82, 2.24) is 4.90 Å². The lowest BCUT2D eigenvalue weighted by molar-refractivity contribution is -0.141. The molecule has 1 aliphatic rings. The Morgan fingerprint density at radius 3 is 2.67 bits per heavy atom. The maximum absolute atomic E-state index is 11.9. The van der Waals surface area contributed by atoms with Gasteiger partial charge in [0, 0.05) is 19.5 Å². The van der Waals surface area contributed by atoms with Gasteiger partial charge in [0.1, 0.15) is 0 Å². The second-order valence-corrected chi connectivity index (χ2v) is 5.68. The normalized spacial score (nSPS) is 18.0. The Hall–Kier alpha value is -1.76. The Balaban J connectivity index is 2.19. The van der Waals surface area contributed by atoms with E-state index in [2.05, 4.69) is 15.9 Å². The van der Waals surface area contributed by atoms with Crippen molar-refractivity contribution in [3.8, 4) is 11.5 Å². The molecule has 0 spiro atoms. The number of hydrogen-bond acceptors (Lipinski definition) is 4. The van der Waals surface area contributed by atoms with Gasteiger partial charge in [-0.1, -0.05) is 0 Å². The first-order chi connectivity index (χ1) is 9.96. The number of methoxy groups -OCH3 is 2. The zero-order valence-corrected chi connectivity index (χ0v) is 13.3. The molecule has 0 bridgehead atoms. The zero-order chi connectivity index (χ0) is 15.6. The Bertz CT molecular complexity index is 575. The number of carbonyl (C=O) groups excluding carboxylic acids is 1. The smallest absolute Gasteiger partial charge is 0.308 e. The van der Waals surface area contributed by atoms with Crippen LogP contribution in [0.25, 0.3) is 0 Å². The summed E-state index contributed by atoms with van der Waals surface area (Å²) in [6, 6.07) is 3.62. The van der Waals surface area contributed by atoms with E-state index in [9.17, 15) is 9.59 Å². The van der Waals surface area contributed by atoms with Gasteiger partial charge in [-0.15, -0.1) is 0 Å².